The number of thioether (sulfide) groups is 1. The van der Waals surface area contributed by atoms with Crippen molar-refractivity contribution in [3.8, 4) is 0 Å². The fraction of sp³-hybridized carbons (Fsp3) is 0.182. The zero-order valence-electron chi connectivity index (χ0n) is 10.3. The molecule has 2 rings (SSSR count). The minimum Gasteiger partial charge on any atom is -0.390 e. The molecular formula is C11H9BrN4O3S. The number of hydrogen-bond acceptors (Lipinski definition) is 6. The normalized spacial score (nSPS) is 10.5. The van der Waals surface area contributed by atoms with Crippen molar-refractivity contribution in [2.75, 3.05) is 6.26 Å². The lowest BCUT2D eigenvalue weighted by Gasteiger charge is -2.01. The summed E-state index contributed by atoms with van der Waals surface area (Å²) in [5, 5.41) is 14.2. The molecule has 0 unspecified atom stereocenters. The second-order valence-electron chi connectivity index (χ2n) is 3.75. The summed E-state index contributed by atoms with van der Waals surface area (Å²) in [5.74, 6) is -0.736. The van der Waals surface area contributed by atoms with Gasteiger partial charge in [-0.2, -0.15) is 4.68 Å². The smallest absolute Gasteiger partial charge is 0.390 e. The molecule has 0 N–H and O–H groups in total. The fourth-order valence-corrected chi connectivity index (χ4v) is 2.27. The molecule has 1 aromatic carbocycles. The highest BCUT2D eigenvalue weighted by molar-refractivity contribution is 9.10. The van der Waals surface area contributed by atoms with E-state index < -0.39 is 10.9 Å². The van der Waals surface area contributed by atoms with Crippen molar-refractivity contribution in [3.05, 3.63) is 44.7 Å². The lowest BCUT2D eigenvalue weighted by atomic mass is 10.1. The van der Waals surface area contributed by atoms with Crippen molar-refractivity contribution in [1.29, 1.82) is 0 Å². The molecule has 0 amide bonds. The minimum absolute atomic E-state index is 0.111. The van der Waals surface area contributed by atoms with Crippen molar-refractivity contribution < 1.29 is 9.72 Å². The van der Waals surface area contributed by atoms with Crippen LogP contribution in [0.2, 0.25) is 0 Å². The lowest BCUT2D eigenvalue weighted by molar-refractivity contribution is -0.394. The van der Waals surface area contributed by atoms with Gasteiger partial charge in [0.05, 0.1) is 0 Å². The molecule has 0 bridgehead atoms. The number of ketones is 1. The summed E-state index contributed by atoms with van der Waals surface area (Å²) < 4.78 is 1.31. The third kappa shape index (κ3) is 3.23. The van der Waals surface area contributed by atoms with Gasteiger partial charge < -0.3 is 10.1 Å². The van der Waals surface area contributed by atoms with E-state index in [1.165, 1.54) is 0 Å². The van der Waals surface area contributed by atoms with Gasteiger partial charge in [-0.25, -0.2) is 0 Å². The van der Waals surface area contributed by atoms with E-state index in [2.05, 4.69) is 26.0 Å². The summed E-state index contributed by atoms with van der Waals surface area (Å²) in [6.07, 6.45) is 1.95. The number of carbonyl (C=O) groups excluding carboxylic acids is 1. The summed E-state index contributed by atoms with van der Waals surface area (Å²) in [6.45, 7) is -0.111. The van der Waals surface area contributed by atoms with E-state index in [1.807, 2.05) is 18.4 Å². The van der Waals surface area contributed by atoms with Crippen LogP contribution < -0.4 is 0 Å². The summed E-state index contributed by atoms with van der Waals surface area (Å²) >= 11 is 4.62. The summed E-state index contributed by atoms with van der Waals surface area (Å²) in [4.78, 5) is 26.6. The van der Waals surface area contributed by atoms with Crippen molar-refractivity contribution in [2.24, 2.45) is 0 Å². The third-order valence-corrected chi connectivity index (χ3v) is 3.81. The SMILES string of the molecule is CSc1ccc(C(=O)Cn2nc([N+](=O)[O-])nc2Br)cc1. The Bertz CT molecular complexity index is 656. The van der Waals surface area contributed by atoms with E-state index in [4.69, 9.17) is 0 Å². The molecular weight excluding hydrogens is 348 g/mol. The van der Waals surface area contributed by atoms with Gasteiger partial charge in [-0.3, -0.25) is 4.79 Å². The van der Waals surface area contributed by atoms with Gasteiger partial charge in [0, 0.05) is 31.5 Å². The highest BCUT2D eigenvalue weighted by Crippen LogP contribution is 2.17. The van der Waals surface area contributed by atoms with E-state index in [1.54, 1.807) is 23.9 Å². The molecule has 9 heteroatoms. The molecule has 1 aromatic heterocycles. The first-order valence-corrected chi connectivity index (χ1v) is 7.45. The molecule has 7 nitrogen and oxygen atoms in total. The number of benzene rings is 1. The molecule has 104 valence electrons. The van der Waals surface area contributed by atoms with Crippen LogP contribution in [0.15, 0.2) is 33.9 Å². The van der Waals surface area contributed by atoms with Crippen molar-refractivity contribution in [1.82, 2.24) is 14.8 Å². The maximum Gasteiger partial charge on any atom is 0.492 e. The first kappa shape index (κ1) is 14.7. The molecule has 0 radical (unpaired) electrons. The molecule has 1 heterocycles. The zero-order chi connectivity index (χ0) is 14.7. The average molecular weight is 357 g/mol. The van der Waals surface area contributed by atoms with E-state index in [-0.39, 0.29) is 17.1 Å². The number of halogens is 1. The summed E-state index contributed by atoms with van der Waals surface area (Å²) in [7, 11) is 0. The maximum atomic E-state index is 12.1. The van der Waals surface area contributed by atoms with E-state index in [0.29, 0.717) is 5.56 Å². The van der Waals surface area contributed by atoms with Gasteiger partial charge in [-0.1, -0.05) is 12.1 Å². The first-order valence-electron chi connectivity index (χ1n) is 5.43. The van der Waals surface area contributed by atoms with Gasteiger partial charge in [0.15, 0.2) is 5.78 Å². The van der Waals surface area contributed by atoms with Crippen LogP contribution in [0.5, 0.6) is 0 Å². The zero-order valence-corrected chi connectivity index (χ0v) is 12.7. The number of carbonyl (C=O) groups is 1. The van der Waals surface area contributed by atoms with Crippen LogP contribution in [0.4, 0.5) is 5.95 Å². The Morgan fingerprint density at radius 2 is 2.10 bits per heavy atom. The molecule has 20 heavy (non-hydrogen) atoms. The van der Waals surface area contributed by atoms with Gasteiger partial charge in [0.1, 0.15) is 6.54 Å². The third-order valence-electron chi connectivity index (χ3n) is 2.48. The average Bonchev–Trinajstić information content (AvgIpc) is 2.80. The number of Topliss-reactive ketones (excluding diaryl/α,β-unsaturated/α-hetero) is 1. The second kappa shape index (κ2) is 6.14. The van der Waals surface area contributed by atoms with E-state index in [9.17, 15) is 14.9 Å². The van der Waals surface area contributed by atoms with Crippen molar-refractivity contribution in [2.45, 2.75) is 11.4 Å². The molecule has 2 aromatic rings. The van der Waals surface area contributed by atoms with Crippen LogP contribution in [0.1, 0.15) is 10.4 Å². The van der Waals surface area contributed by atoms with Gasteiger partial charge in [0.25, 0.3) is 4.73 Å². The van der Waals surface area contributed by atoms with Crippen LogP contribution in [0, 0.1) is 10.1 Å². The summed E-state index contributed by atoms with van der Waals surface area (Å²) in [6, 6.07) is 7.12. The molecule has 0 fully saturated rings. The van der Waals surface area contributed by atoms with Gasteiger partial charge in [-0.15, -0.1) is 11.8 Å². The van der Waals surface area contributed by atoms with Crippen LogP contribution in [-0.4, -0.2) is 31.7 Å². The van der Waals surface area contributed by atoms with Crippen LogP contribution >= 0.6 is 27.7 Å². The molecule has 0 saturated carbocycles. The topological polar surface area (TPSA) is 90.9 Å². The lowest BCUT2D eigenvalue weighted by Crippen LogP contribution is -2.12. The predicted octanol–water partition coefficient (Wildman–Crippen LogP) is 2.55. The number of rotatable bonds is 5. The maximum absolute atomic E-state index is 12.1. The Labute approximate surface area is 126 Å². The fourth-order valence-electron chi connectivity index (χ4n) is 1.49. The molecule has 0 atom stereocenters. The van der Waals surface area contributed by atoms with E-state index >= 15 is 0 Å². The van der Waals surface area contributed by atoms with Gasteiger partial charge >= 0.3 is 5.95 Å². The van der Waals surface area contributed by atoms with Gasteiger partial charge in [0.2, 0.25) is 0 Å². The van der Waals surface area contributed by atoms with Crippen LogP contribution in [-0.2, 0) is 6.54 Å². The quantitative estimate of drug-likeness (QED) is 0.354. The first-order chi connectivity index (χ1) is 9.51. The molecule has 0 aliphatic heterocycles. The Kier molecular flexibility index (Phi) is 4.50. The van der Waals surface area contributed by atoms with E-state index in [0.717, 1.165) is 9.58 Å². The monoisotopic (exact) mass is 356 g/mol. The Morgan fingerprint density at radius 3 is 2.60 bits per heavy atom. The number of aromatic nitrogens is 3. The standard InChI is InChI=1S/C11H9BrN4O3S/c1-20-8-4-2-7(3-5-8)9(17)6-15-10(12)13-11(14-15)16(18)19/h2-5H,6H2,1H3. The number of nitrogens with zero attached hydrogens (tertiary/aromatic N) is 4. The second-order valence-corrected chi connectivity index (χ2v) is 5.34. The van der Waals surface area contributed by atoms with Crippen LogP contribution in [0.3, 0.4) is 0 Å². The Morgan fingerprint density at radius 1 is 1.45 bits per heavy atom. The minimum atomic E-state index is -0.709. The number of nitro groups is 1. The van der Waals surface area contributed by atoms with Gasteiger partial charge in [-0.05, 0) is 28.3 Å². The molecule has 0 saturated heterocycles. The Balaban J connectivity index is 2.16. The highest BCUT2D eigenvalue weighted by Gasteiger charge is 2.21. The largest absolute Gasteiger partial charge is 0.492 e. The van der Waals surface area contributed by atoms with Crippen molar-refractivity contribution in [3.63, 3.8) is 0 Å². The highest BCUT2D eigenvalue weighted by atomic mass is 79.9. The Hall–Kier alpha value is -1.74. The van der Waals surface area contributed by atoms with Crippen LogP contribution in [0.25, 0.3) is 0 Å². The molecule has 0 spiro atoms. The molecule has 0 aliphatic carbocycles. The number of hydrogen-bond donors (Lipinski definition) is 0. The van der Waals surface area contributed by atoms with Crippen molar-refractivity contribution >= 4 is 39.4 Å². The predicted molar refractivity (Wildman–Crippen MR) is 76.9 cm³/mol. The summed E-state index contributed by atoms with van der Waals surface area (Å²) in [5.41, 5.74) is 0.521. The molecule has 0 aliphatic rings.